The fourth-order valence-corrected chi connectivity index (χ4v) is 2.86. The fourth-order valence-electron chi connectivity index (χ4n) is 1.98. The van der Waals surface area contributed by atoms with Gasteiger partial charge < -0.3 is 9.73 Å². The van der Waals surface area contributed by atoms with Crippen LogP contribution >= 0.6 is 11.8 Å². The molecule has 2 heterocycles. The van der Waals surface area contributed by atoms with Crippen molar-refractivity contribution < 1.29 is 9.21 Å². The lowest BCUT2D eigenvalue weighted by atomic mass is 10.2. The smallest absolute Gasteiger partial charge is 0.234 e. The second kappa shape index (κ2) is 7.70. The van der Waals surface area contributed by atoms with Crippen LogP contribution in [0.5, 0.6) is 0 Å². The summed E-state index contributed by atoms with van der Waals surface area (Å²) < 4.78 is 7.23. The van der Waals surface area contributed by atoms with Crippen LogP contribution in [0.2, 0.25) is 0 Å². The number of aryl methyl sites for hydroxylation is 1. The molecule has 2 aromatic heterocycles. The largest absolute Gasteiger partial charge is 0.469 e. The molecule has 0 aliphatic carbocycles. The highest BCUT2D eigenvalue weighted by Gasteiger charge is 2.21. The molecular formula is C16H18N4O2S. The summed E-state index contributed by atoms with van der Waals surface area (Å²) in [5.41, 5.74) is 0.871. The normalized spacial score (nSPS) is 11.7. The molecule has 1 atom stereocenters. The number of terminal acetylenes is 1. The maximum atomic E-state index is 11.9. The molecule has 0 fully saturated rings. The third-order valence-corrected chi connectivity index (χ3v) is 4.22. The van der Waals surface area contributed by atoms with Gasteiger partial charge in [-0.15, -0.1) is 23.2 Å². The Hall–Kier alpha value is -2.46. The molecule has 1 unspecified atom stereocenters. The molecule has 0 radical (unpaired) electrons. The van der Waals surface area contributed by atoms with E-state index in [1.54, 1.807) is 19.3 Å². The topological polar surface area (TPSA) is 73.0 Å². The van der Waals surface area contributed by atoms with Gasteiger partial charge in [-0.3, -0.25) is 9.36 Å². The molecule has 0 saturated carbocycles. The number of carbonyl (C=O) groups excluding carboxylic acids is 1. The van der Waals surface area contributed by atoms with Gasteiger partial charge in [-0.2, -0.15) is 0 Å². The minimum absolute atomic E-state index is 0.137. The molecule has 0 bridgehead atoms. The Morgan fingerprint density at radius 2 is 2.43 bits per heavy atom. The van der Waals surface area contributed by atoms with Crippen LogP contribution in [0.15, 0.2) is 34.6 Å². The Kier molecular flexibility index (Phi) is 5.66. The fraction of sp³-hybridized carbons (Fsp3) is 0.312. The molecule has 2 aromatic rings. The maximum Gasteiger partial charge on any atom is 0.234 e. The Labute approximate surface area is 139 Å². The first kappa shape index (κ1) is 16.9. The molecule has 0 aliphatic rings. The quantitative estimate of drug-likeness (QED) is 0.479. The van der Waals surface area contributed by atoms with Crippen LogP contribution in [-0.2, 0) is 11.3 Å². The maximum absolute atomic E-state index is 11.9. The summed E-state index contributed by atoms with van der Waals surface area (Å²) in [6.07, 6.45) is 8.52. The average Bonchev–Trinajstić information content (AvgIpc) is 3.12. The number of nitrogens with one attached hydrogen (secondary N) is 1. The van der Waals surface area contributed by atoms with Gasteiger partial charge >= 0.3 is 0 Å². The number of rotatable bonds is 7. The lowest BCUT2D eigenvalue weighted by Gasteiger charge is -2.11. The van der Waals surface area contributed by atoms with Crippen molar-refractivity contribution in [1.82, 2.24) is 20.1 Å². The zero-order valence-corrected chi connectivity index (χ0v) is 13.9. The van der Waals surface area contributed by atoms with Gasteiger partial charge in [0, 0.05) is 6.54 Å². The minimum Gasteiger partial charge on any atom is -0.469 e. The van der Waals surface area contributed by atoms with Crippen molar-refractivity contribution in [2.45, 2.75) is 30.8 Å². The lowest BCUT2D eigenvalue weighted by molar-refractivity contribution is -0.120. The Morgan fingerprint density at radius 1 is 1.65 bits per heavy atom. The van der Waals surface area contributed by atoms with E-state index in [0.29, 0.717) is 17.5 Å². The average molecular weight is 330 g/mol. The van der Waals surface area contributed by atoms with Gasteiger partial charge in [0.15, 0.2) is 11.0 Å². The van der Waals surface area contributed by atoms with E-state index in [1.807, 2.05) is 17.6 Å². The van der Waals surface area contributed by atoms with Crippen LogP contribution < -0.4 is 5.32 Å². The van der Waals surface area contributed by atoms with Crippen molar-refractivity contribution in [3.8, 4) is 23.7 Å². The van der Waals surface area contributed by atoms with Crippen molar-refractivity contribution in [1.29, 1.82) is 0 Å². The molecule has 120 valence electrons. The highest BCUT2D eigenvalue weighted by molar-refractivity contribution is 8.00. The highest BCUT2D eigenvalue weighted by Crippen LogP contribution is 2.28. The standard InChI is InChI=1S/C16H18N4O2S/c1-5-8-17-15(21)12(4)23-16-19-18-14(20(16)9-6-2)13-7-10-22-11(13)3/h1,6-7,10,12H,2,8-9H2,3-4H3,(H,17,21). The van der Waals surface area contributed by atoms with Crippen molar-refractivity contribution >= 4 is 17.7 Å². The van der Waals surface area contributed by atoms with Gasteiger partial charge in [0.25, 0.3) is 0 Å². The first-order valence-corrected chi connectivity index (χ1v) is 7.92. The molecule has 23 heavy (non-hydrogen) atoms. The third-order valence-electron chi connectivity index (χ3n) is 3.14. The zero-order valence-electron chi connectivity index (χ0n) is 13.1. The molecule has 7 heteroatoms. The van der Waals surface area contributed by atoms with Crippen LogP contribution in [0, 0.1) is 19.3 Å². The second-order valence-electron chi connectivity index (χ2n) is 4.78. The van der Waals surface area contributed by atoms with Gasteiger partial charge in [0.1, 0.15) is 5.76 Å². The molecule has 1 amide bonds. The van der Waals surface area contributed by atoms with E-state index < -0.39 is 0 Å². The summed E-state index contributed by atoms with van der Waals surface area (Å²) in [6, 6.07) is 1.84. The summed E-state index contributed by atoms with van der Waals surface area (Å²) in [5, 5.41) is 11.4. The summed E-state index contributed by atoms with van der Waals surface area (Å²) >= 11 is 1.32. The summed E-state index contributed by atoms with van der Waals surface area (Å²) in [7, 11) is 0. The van der Waals surface area contributed by atoms with Crippen LogP contribution in [0.1, 0.15) is 12.7 Å². The van der Waals surface area contributed by atoms with Gasteiger partial charge in [-0.25, -0.2) is 0 Å². The monoisotopic (exact) mass is 330 g/mol. The number of hydrogen-bond acceptors (Lipinski definition) is 5. The first-order chi connectivity index (χ1) is 11.1. The molecule has 2 rings (SSSR count). The number of thioether (sulfide) groups is 1. The van der Waals surface area contributed by atoms with Crippen molar-refractivity contribution in [3.05, 3.63) is 30.7 Å². The Bertz CT molecular complexity index is 742. The number of amides is 1. The van der Waals surface area contributed by atoms with E-state index in [0.717, 1.165) is 11.3 Å². The molecule has 0 saturated heterocycles. The van der Waals surface area contributed by atoms with Crippen LogP contribution in [0.25, 0.3) is 11.4 Å². The van der Waals surface area contributed by atoms with Crippen molar-refractivity contribution in [2.24, 2.45) is 0 Å². The number of nitrogens with zero attached hydrogens (tertiary/aromatic N) is 3. The van der Waals surface area contributed by atoms with E-state index in [2.05, 4.69) is 28.0 Å². The minimum atomic E-state index is -0.339. The van der Waals surface area contributed by atoms with E-state index in [9.17, 15) is 4.79 Å². The van der Waals surface area contributed by atoms with Gasteiger partial charge in [-0.05, 0) is 19.9 Å². The zero-order chi connectivity index (χ0) is 16.8. The van der Waals surface area contributed by atoms with Gasteiger partial charge in [0.2, 0.25) is 5.91 Å². The number of carbonyl (C=O) groups is 1. The lowest BCUT2D eigenvalue weighted by Crippen LogP contribution is -2.31. The third kappa shape index (κ3) is 3.85. The molecule has 0 aliphatic heterocycles. The van der Waals surface area contributed by atoms with E-state index in [1.165, 1.54) is 11.8 Å². The molecule has 0 spiro atoms. The molecule has 6 nitrogen and oxygen atoms in total. The summed E-state index contributed by atoms with van der Waals surface area (Å²) in [5.74, 6) is 3.70. The Balaban J connectivity index is 2.24. The number of aromatic nitrogens is 3. The van der Waals surface area contributed by atoms with Gasteiger partial charge in [0.05, 0.1) is 23.6 Å². The van der Waals surface area contributed by atoms with E-state index in [4.69, 9.17) is 10.8 Å². The number of hydrogen-bond donors (Lipinski definition) is 1. The first-order valence-electron chi connectivity index (χ1n) is 7.04. The SMILES string of the molecule is C#CCNC(=O)C(C)Sc1nnc(-c2ccoc2C)n1CC=C. The predicted molar refractivity (Wildman–Crippen MR) is 89.8 cm³/mol. The summed E-state index contributed by atoms with van der Waals surface area (Å²) in [4.78, 5) is 11.9. The summed E-state index contributed by atoms with van der Waals surface area (Å²) in [6.45, 7) is 8.18. The van der Waals surface area contributed by atoms with Crippen molar-refractivity contribution in [3.63, 3.8) is 0 Å². The Morgan fingerprint density at radius 3 is 3.04 bits per heavy atom. The van der Waals surface area contributed by atoms with Crippen LogP contribution in [0.4, 0.5) is 0 Å². The highest BCUT2D eigenvalue weighted by atomic mass is 32.2. The van der Waals surface area contributed by atoms with Gasteiger partial charge in [-0.1, -0.05) is 23.8 Å². The van der Waals surface area contributed by atoms with Crippen LogP contribution in [-0.4, -0.2) is 32.5 Å². The number of allylic oxidation sites excluding steroid dienone is 1. The molecule has 1 N–H and O–H groups in total. The van der Waals surface area contributed by atoms with Crippen molar-refractivity contribution in [2.75, 3.05) is 6.54 Å². The predicted octanol–water partition coefficient (Wildman–Crippen LogP) is 2.26. The van der Waals surface area contributed by atoms with E-state index >= 15 is 0 Å². The van der Waals surface area contributed by atoms with E-state index in [-0.39, 0.29) is 17.7 Å². The second-order valence-corrected chi connectivity index (χ2v) is 6.09. The number of furan rings is 1. The molecular weight excluding hydrogens is 312 g/mol. The van der Waals surface area contributed by atoms with Crippen LogP contribution in [0.3, 0.4) is 0 Å². The molecule has 0 aromatic carbocycles.